The molecule has 2 fully saturated rings. The van der Waals surface area contributed by atoms with Crippen LogP contribution in [0.4, 0.5) is 0 Å². The number of hydrogen-bond acceptors (Lipinski definition) is 5. The van der Waals surface area contributed by atoms with Gasteiger partial charge in [0.2, 0.25) is 11.8 Å². The molecule has 0 aliphatic carbocycles. The van der Waals surface area contributed by atoms with Crippen LogP contribution in [0.3, 0.4) is 0 Å². The number of rotatable bonds is 5. The fraction of sp³-hybridized carbons (Fsp3) is 0.400. The number of nitrogens with zero attached hydrogens (tertiary/aromatic N) is 1. The molecule has 0 aromatic heterocycles. The Labute approximate surface area is 187 Å². The van der Waals surface area contributed by atoms with Gasteiger partial charge in [-0.2, -0.15) is 0 Å². The van der Waals surface area contributed by atoms with E-state index in [0.717, 1.165) is 30.5 Å². The lowest BCUT2D eigenvalue weighted by atomic mass is 9.93. The Hall–Kier alpha value is -3.03. The third-order valence-electron chi connectivity index (χ3n) is 6.79. The van der Waals surface area contributed by atoms with Crippen LogP contribution in [0.1, 0.15) is 58.8 Å². The van der Waals surface area contributed by atoms with Crippen molar-refractivity contribution in [2.45, 2.75) is 56.9 Å². The number of carbonyl (C=O) groups excluding carboxylic acids is 3. The van der Waals surface area contributed by atoms with Gasteiger partial charge >= 0.3 is 0 Å². The summed E-state index contributed by atoms with van der Waals surface area (Å²) in [4.78, 5) is 38.3. The molecule has 0 bridgehead atoms. The van der Waals surface area contributed by atoms with Gasteiger partial charge in [0.25, 0.3) is 5.91 Å². The molecule has 0 saturated carbocycles. The van der Waals surface area contributed by atoms with Gasteiger partial charge in [0.1, 0.15) is 6.04 Å². The average molecular weight is 433 g/mol. The van der Waals surface area contributed by atoms with Crippen molar-refractivity contribution in [3.8, 4) is 0 Å². The van der Waals surface area contributed by atoms with E-state index in [4.69, 9.17) is 0 Å². The largest absolute Gasteiger partial charge is 0.322 e. The van der Waals surface area contributed by atoms with Crippen molar-refractivity contribution < 1.29 is 14.4 Å². The Balaban J connectivity index is 1.21. The Morgan fingerprint density at radius 3 is 2.69 bits per heavy atom. The standard InChI is InChI=1S/C25H28N4O3/c30-23-9-8-22(24(31)28-23)29-15-18-7-6-16(12-20(18)25(29)32)14-27-19-10-11-26-21(13-19)17-4-2-1-3-5-17/h1-7,12,19,21-22,26-27H,8-11,13-15H2,(H,28,30,31)/t19-,21-,22?/m1/s1. The summed E-state index contributed by atoms with van der Waals surface area (Å²) >= 11 is 0. The zero-order chi connectivity index (χ0) is 22.1. The van der Waals surface area contributed by atoms with Crippen molar-refractivity contribution in [3.05, 3.63) is 70.8 Å². The number of carbonyl (C=O) groups is 3. The van der Waals surface area contributed by atoms with Crippen LogP contribution < -0.4 is 16.0 Å². The lowest BCUT2D eigenvalue weighted by molar-refractivity contribution is -0.136. The Morgan fingerprint density at radius 2 is 1.88 bits per heavy atom. The van der Waals surface area contributed by atoms with Gasteiger partial charge in [0.05, 0.1) is 0 Å². The van der Waals surface area contributed by atoms with E-state index < -0.39 is 6.04 Å². The molecule has 7 nitrogen and oxygen atoms in total. The zero-order valence-electron chi connectivity index (χ0n) is 18.0. The fourth-order valence-corrected chi connectivity index (χ4v) is 5.02. The number of benzene rings is 2. The van der Waals surface area contributed by atoms with Gasteiger partial charge in [0.15, 0.2) is 0 Å². The molecular formula is C25H28N4O3. The molecule has 7 heteroatoms. The highest BCUT2D eigenvalue weighted by Gasteiger charge is 2.39. The second-order valence-electron chi connectivity index (χ2n) is 8.91. The first-order chi connectivity index (χ1) is 15.6. The molecule has 3 atom stereocenters. The Bertz CT molecular complexity index is 1040. The van der Waals surface area contributed by atoms with Crippen LogP contribution in [0.15, 0.2) is 48.5 Å². The summed E-state index contributed by atoms with van der Waals surface area (Å²) in [5, 5.41) is 9.62. The summed E-state index contributed by atoms with van der Waals surface area (Å²) in [7, 11) is 0. The van der Waals surface area contributed by atoms with E-state index in [0.29, 0.717) is 37.2 Å². The molecule has 2 aromatic carbocycles. The van der Waals surface area contributed by atoms with Crippen molar-refractivity contribution in [2.24, 2.45) is 0 Å². The molecule has 166 valence electrons. The third-order valence-corrected chi connectivity index (χ3v) is 6.79. The molecule has 5 rings (SSSR count). The van der Waals surface area contributed by atoms with Crippen molar-refractivity contribution in [3.63, 3.8) is 0 Å². The minimum absolute atomic E-state index is 0.123. The van der Waals surface area contributed by atoms with Gasteiger partial charge in [-0.3, -0.25) is 19.7 Å². The molecule has 3 N–H and O–H groups in total. The molecule has 0 spiro atoms. The van der Waals surface area contributed by atoms with E-state index in [9.17, 15) is 14.4 Å². The van der Waals surface area contributed by atoms with Gasteiger partial charge in [-0.15, -0.1) is 0 Å². The van der Waals surface area contributed by atoms with Crippen LogP contribution in [0.5, 0.6) is 0 Å². The second kappa shape index (κ2) is 8.84. The monoisotopic (exact) mass is 432 g/mol. The average Bonchev–Trinajstić information content (AvgIpc) is 3.14. The lowest BCUT2D eigenvalue weighted by Crippen LogP contribution is -2.52. The van der Waals surface area contributed by atoms with Crippen LogP contribution in [-0.4, -0.2) is 41.2 Å². The summed E-state index contributed by atoms with van der Waals surface area (Å²) < 4.78 is 0. The molecule has 3 aliphatic rings. The number of hydrogen-bond donors (Lipinski definition) is 3. The number of fused-ring (bicyclic) bond motifs is 1. The maximum atomic E-state index is 13.0. The number of nitrogens with one attached hydrogen (secondary N) is 3. The molecule has 1 unspecified atom stereocenters. The smallest absolute Gasteiger partial charge is 0.255 e. The van der Waals surface area contributed by atoms with E-state index in [2.05, 4.69) is 46.3 Å². The predicted molar refractivity (Wildman–Crippen MR) is 120 cm³/mol. The van der Waals surface area contributed by atoms with E-state index in [1.165, 1.54) is 5.56 Å². The third kappa shape index (κ3) is 4.18. The van der Waals surface area contributed by atoms with Gasteiger partial charge in [-0.05, 0) is 48.6 Å². The highest BCUT2D eigenvalue weighted by atomic mass is 16.2. The minimum Gasteiger partial charge on any atom is -0.322 e. The number of amides is 3. The van der Waals surface area contributed by atoms with E-state index in [-0.39, 0.29) is 24.1 Å². The first-order valence-electron chi connectivity index (χ1n) is 11.4. The molecule has 32 heavy (non-hydrogen) atoms. The van der Waals surface area contributed by atoms with Gasteiger partial charge in [-0.25, -0.2) is 0 Å². The highest BCUT2D eigenvalue weighted by Crippen LogP contribution is 2.28. The lowest BCUT2D eigenvalue weighted by Gasteiger charge is -2.31. The van der Waals surface area contributed by atoms with Gasteiger partial charge < -0.3 is 15.5 Å². The van der Waals surface area contributed by atoms with Crippen molar-refractivity contribution in [2.75, 3.05) is 6.54 Å². The highest BCUT2D eigenvalue weighted by molar-refractivity contribution is 6.05. The molecule has 3 heterocycles. The summed E-state index contributed by atoms with van der Waals surface area (Å²) in [5.74, 6) is -0.762. The van der Waals surface area contributed by atoms with Crippen molar-refractivity contribution >= 4 is 17.7 Å². The van der Waals surface area contributed by atoms with Crippen LogP contribution in [-0.2, 0) is 22.7 Å². The number of piperidine rings is 2. The molecule has 3 amide bonds. The topological polar surface area (TPSA) is 90.5 Å². The summed E-state index contributed by atoms with van der Waals surface area (Å²) in [5.41, 5.74) is 3.99. The second-order valence-corrected chi connectivity index (χ2v) is 8.91. The molecule has 0 radical (unpaired) electrons. The Kier molecular flexibility index (Phi) is 5.76. The van der Waals surface area contributed by atoms with E-state index in [1.807, 2.05) is 18.2 Å². The SMILES string of the molecule is O=C1CCC(N2Cc3ccc(CN[C@@H]4CCN[C@@H](c5ccccc5)C4)cc3C2=O)C(=O)N1. The number of imide groups is 1. The predicted octanol–water partition coefficient (Wildman–Crippen LogP) is 2.03. The Morgan fingerprint density at radius 1 is 1.03 bits per heavy atom. The zero-order valence-corrected chi connectivity index (χ0v) is 18.0. The maximum absolute atomic E-state index is 13.0. The first kappa shape index (κ1) is 20.8. The van der Waals surface area contributed by atoms with Crippen LogP contribution in [0, 0.1) is 0 Å². The molecule has 3 aliphatic heterocycles. The quantitative estimate of drug-likeness (QED) is 0.629. The van der Waals surface area contributed by atoms with Crippen LogP contribution >= 0.6 is 0 Å². The first-order valence-corrected chi connectivity index (χ1v) is 11.4. The fourth-order valence-electron chi connectivity index (χ4n) is 5.02. The van der Waals surface area contributed by atoms with Crippen molar-refractivity contribution in [1.82, 2.24) is 20.9 Å². The minimum atomic E-state index is -0.571. The molecule has 2 aromatic rings. The molecule has 2 saturated heterocycles. The summed E-state index contributed by atoms with van der Waals surface area (Å²) in [6.07, 6.45) is 2.75. The maximum Gasteiger partial charge on any atom is 0.255 e. The summed E-state index contributed by atoms with van der Waals surface area (Å²) in [6, 6.07) is 16.7. The van der Waals surface area contributed by atoms with Gasteiger partial charge in [0, 0.05) is 37.2 Å². The van der Waals surface area contributed by atoms with Gasteiger partial charge in [-0.1, -0.05) is 42.5 Å². The van der Waals surface area contributed by atoms with E-state index in [1.54, 1.807) is 4.90 Å². The molecular weight excluding hydrogens is 404 g/mol. The van der Waals surface area contributed by atoms with Crippen LogP contribution in [0.25, 0.3) is 0 Å². The van der Waals surface area contributed by atoms with E-state index >= 15 is 0 Å². The van der Waals surface area contributed by atoms with Crippen molar-refractivity contribution in [1.29, 1.82) is 0 Å². The summed E-state index contributed by atoms with van der Waals surface area (Å²) in [6.45, 7) is 2.09. The van der Waals surface area contributed by atoms with Crippen LogP contribution in [0.2, 0.25) is 0 Å². The normalized spacial score (nSPS) is 25.6.